The van der Waals surface area contributed by atoms with Gasteiger partial charge in [-0.05, 0) is 54.8 Å². The van der Waals surface area contributed by atoms with E-state index in [0.29, 0.717) is 5.02 Å². The van der Waals surface area contributed by atoms with Gasteiger partial charge in [0.1, 0.15) is 5.82 Å². The van der Waals surface area contributed by atoms with Crippen LogP contribution in [0, 0.1) is 5.82 Å². The van der Waals surface area contributed by atoms with Gasteiger partial charge in [0.15, 0.2) is 0 Å². The third kappa shape index (κ3) is 4.02. The van der Waals surface area contributed by atoms with Gasteiger partial charge in [0.05, 0.1) is 0 Å². The summed E-state index contributed by atoms with van der Waals surface area (Å²) in [6.07, 6.45) is 5.34. The molecule has 2 rings (SSSR count). The first-order chi connectivity index (χ1) is 9.70. The number of halogens is 2. The number of nitrogens with one attached hydrogen (secondary N) is 1. The fourth-order valence-electron chi connectivity index (χ4n) is 2.25. The minimum atomic E-state index is -0.256. The maximum Gasteiger partial charge on any atom is 0.123 e. The van der Waals surface area contributed by atoms with Crippen molar-refractivity contribution in [2.24, 2.45) is 0 Å². The van der Waals surface area contributed by atoms with E-state index in [1.165, 1.54) is 17.7 Å². The first kappa shape index (κ1) is 14.9. The summed E-state index contributed by atoms with van der Waals surface area (Å²) in [6.45, 7) is 2.84. The highest BCUT2D eigenvalue weighted by Crippen LogP contribution is 2.27. The number of nitrogens with zero attached hydrogens (tertiary/aromatic N) is 1. The highest BCUT2D eigenvalue weighted by molar-refractivity contribution is 6.31. The van der Waals surface area contributed by atoms with E-state index in [1.807, 2.05) is 25.3 Å². The predicted molar refractivity (Wildman–Crippen MR) is 80.4 cm³/mol. The zero-order chi connectivity index (χ0) is 14.4. The summed E-state index contributed by atoms with van der Waals surface area (Å²) in [5.41, 5.74) is 1.99. The van der Waals surface area contributed by atoms with E-state index >= 15 is 0 Å². The first-order valence-electron chi connectivity index (χ1n) is 6.78. The van der Waals surface area contributed by atoms with Crippen molar-refractivity contribution in [1.29, 1.82) is 0 Å². The average Bonchev–Trinajstić information content (AvgIpc) is 2.47. The van der Waals surface area contributed by atoms with E-state index < -0.39 is 0 Å². The number of hydrogen-bond acceptors (Lipinski definition) is 2. The van der Waals surface area contributed by atoms with Crippen molar-refractivity contribution in [3.8, 4) is 0 Å². The standard InChI is InChI=1S/C16H18ClFN2/c1-2-20-16(8-5-12-4-3-9-19-11-12)14-10-13(18)6-7-15(14)17/h3-4,6-7,9-11,16,20H,2,5,8H2,1H3. The van der Waals surface area contributed by atoms with Crippen LogP contribution in [-0.2, 0) is 6.42 Å². The molecule has 1 N–H and O–H groups in total. The molecule has 0 saturated heterocycles. The van der Waals surface area contributed by atoms with Crippen molar-refractivity contribution in [2.75, 3.05) is 6.54 Å². The van der Waals surface area contributed by atoms with Crippen LogP contribution in [0.25, 0.3) is 0 Å². The lowest BCUT2D eigenvalue weighted by Crippen LogP contribution is -2.22. The van der Waals surface area contributed by atoms with Gasteiger partial charge in [0, 0.05) is 23.5 Å². The fourth-order valence-corrected chi connectivity index (χ4v) is 2.50. The summed E-state index contributed by atoms with van der Waals surface area (Å²) in [6, 6.07) is 8.52. The van der Waals surface area contributed by atoms with E-state index in [-0.39, 0.29) is 11.9 Å². The molecule has 1 unspecified atom stereocenters. The average molecular weight is 293 g/mol. The second-order valence-corrected chi connectivity index (χ2v) is 5.08. The summed E-state index contributed by atoms with van der Waals surface area (Å²) >= 11 is 6.19. The van der Waals surface area contributed by atoms with Gasteiger partial charge in [-0.2, -0.15) is 0 Å². The zero-order valence-corrected chi connectivity index (χ0v) is 12.2. The molecule has 1 aromatic heterocycles. The molecule has 1 heterocycles. The highest BCUT2D eigenvalue weighted by Gasteiger charge is 2.14. The highest BCUT2D eigenvalue weighted by atomic mass is 35.5. The Hall–Kier alpha value is -1.45. The number of aromatic nitrogens is 1. The van der Waals surface area contributed by atoms with Gasteiger partial charge in [0.25, 0.3) is 0 Å². The molecular formula is C16H18ClFN2. The van der Waals surface area contributed by atoms with Gasteiger partial charge < -0.3 is 5.32 Å². The molecule has 0 radical (unpaired) electrons. The van der Waals surface area contributed by atoms with E-state index in [0.717, 1.165) is 24.9 Å². The molecule has 2 nitrogen and oxygen atoms in total. The zero-order valence-electron chi connectivity index (χ0n) is 11.4. The fraction of sp³-hybridized carbons (Fsp3) is 0.312. The lowest BCUT2D eigenvalue weighted by atomic mass is 9.99. The molecule has 1 atom stereocenters. The third-order valence-corrected chi connectivity index (χ3v) is 3.57. The minimum Gasteiger partial charge on any atom is -0.310 e. The molecule has 0 bridgehead atoms. The Balaban J connectivity index is 2.12. The number of benzene rings is 1. The molecule has 20 heavy (non-hydrogen) atoms. The van der Waals surface area contributed by atoms with Gasteiger partial charge in [0.2, 0.25) is 0 Å². The van der Waals surface area contributed by atoms with Crippen LogP contribution < -0.4 is 5.32 Å². The normalized spacial score (nSPS) is 12.3. The molecule has 0 spiro atoms. The van der Waals surface area contributed by atoms with Gasteiger partial charge in [-0.15, -0.1) is 0 Å². The Morgan fingerprint density at radius 1 is 1.35 bits per heavy atom. The Kier molecular flexibility index (Phi) is 5.50. The van der Waals surface area contributed by atoms with Crippen molar-refractivity contribution in [1.82, 2.24) is 10.3 Å². The van der Waals surface area contributed by atoms with Gasteiger partial charge in [-0.25, -0.2) is 4.39 Å². The Bertz CT molecular complexity index is 545. The van der Waals surface area contributed by atoms with Gasteiger partial charge in [-0.3, -0.25) is 4.98 Å². The van der Waals surface area contributed by atoms with E-state index in [1.54, 1.807) is 12.3 Å². The molecule has 0 aliphatic carbocycles. The lowest BCUT2D eigenvalue weighted by molar-refractivity contribution is 0.511. The number of rotatable bonds is 6. The van der Waals surface area contributed by atoms with Gasteiger partial charge >= 0.3 is 0 Å². The van der Waals surface area contributed by atoms with Crippen LogP contribution in [0.1, 0.15) is 30.5 Å². The molecule has 0 saturated carbocycles. The van der Waals surface area contributed by atoms with E-state index in [2.05, 4.69) is 10.3 Å². The van der Waals surface area contributed by atoms with Crippen LogP contribution in [0.5, 0.6) is 0 Å². The molecule has 1 aromatic carbocycles. The topological polar surface area (TPSA) is 24.9 Å². The number of hydrogen-bond donors (Lipinski definition) is 1. The summed E-state index contributed by atoms with van der Waals surface area (Å²) in [5.74, 6) is -0.256. The van der Waals surface area contributed by atoms with Crippen molar-refractivity contribution >= 4 is 11.6 Å². The molecule has 0 aliphatic rings. The minimum absolute atomic E-state index is 0.0448. The molecule has 106 valence electrons. The van der Waals surface area contributed by atoms with E-state index in [4.69, 9.17) is 11.6 Å². The van der Waals surface area contributed by atoms with Crippen molar-refractivity contribution in [2.45, 2.75) is 25.8 Å². The van der Waals surface area contributed by atoms with Crippen LogP contribution in [0.2, 0.25) is 5.02 Å². The Labute approximate surface area is 124 Å². The van der Waals surface area contributed by atoms with E-state index in [9.17, 15) is 4.39 Å². The largest absolute Gasteiger partial charge is 0.310 e. The summed E-state index contributed by atoms with van der Waals surface area (Å²) in [5, 5.41) is 3.97. The van der Waals surface area contributed by atoms with Crippen LogP contribution in [0.15, 0.2) is 42.7 Å². The first-order valence-corrected chi connectivity index (χ1v) is 7.15. The van der Waals surface area contributed by atoms with Crippen LogP contribution in [0.4, 0.5) is 4.39 Å². The summed E-state index contributed by atoms with van der Waals surface area (Å²) < 4.78 is 13.4. The smallest absolute Gasteiger partial charge is 0.123 e. The molecular weight excluding hydrogens is 275 g/mol. The van der Waals surface area contributed by atoms with Crippen molar-refractivity contribution < 1.29 is 4.39 Å². The van der Waals surface area contributed by atoms with Crippen LogP contribution >= 0.6 is 11.6 Å². The van der Waals surface area contributed by atoms with Crippen molar-refractivity contribution in [3.05, 3.63) is 64.7 Å². The second-order valence-electron chi connectivity index (χ2n) is 4.68. The Morgan fingerprint density at radius 3 is 2.90 bits per heavy atom. The molecule has 0 fully saturated rings. The molecule has 0 amide bonds. The molecule has 0 aliphatic heterocycles. The van der Waals surface area contributed by atoms with Gasteiger partial charge in [-0.1, -0.05) is 24.6 Å². The van der Waals surface area contributed by atoms with Crippen molar-refractivity contribution in [3.63, 3.8) is 0 Å². The third-order valence-electron chi connectivity index (χ3n) is 3.23. The quantitative estimate of drug-likeness (QED) is 0.865. The van der Waals surface area contributed by atoms with Crippen LogP contribution in [0.3, 0.4) is 0 Å². The number of pyridine rings is 1. The molecule has 2 aromatic rings. The lowest BCUT2D eigenvalue weighted by Gasteiger charge is -2.19. The predicted octanol–water partition coefficient (Wildman–Crippen LogP) is 4.16. The maximum atomic E-state index is 13.4. The Morgan fingerprint density at radius 2 is 2.20 bits per heavy atom. The second kappa shape index (κ2) is 7.36. The number of aryl methyl sites for hydroxylation is 1. The maximum absolute atomic E-state index is 13.4. The monoisotopic (exact) mass is 292 g/mol. The summed E-state index contributed by atoms with van der Waals surface area (Å²) in [4.78, 5) is 4.11. The molecule has 4 heteroatoms. The SMILES string of the molecule is CCNC(CCc1cccnc1)c1cc(F)ccc1Cl. The summed E-state index contributed by atoms with van der Waals surface area (Å²) in [7, 11) is 0. The van der Waals surface area contributed by atoms with Crippen LogP contribution in [-0.4, -0.2) is 11.5 Å².